The average molecular weight is 161 g/mol. The number of ether oxygens (including phenoxy) is 1. The number of nitrogens with zero attached hydrogens (tertiary/aromatic N) is 1. The highest BCUT2D eigenvalue weighted by Gasteiger charge is 1.95. The smallest absolute Gasteiger partial charge is 0.427 e. The predicted molar refractivity (Wildman–Crippen MR) is 38.2 cm³/mol. The van der Waals surface area contributed by atoms with E-state index in [1.807, 2.05) is 5.43 Å². The number of amidine groups is 1. The van der Waals surface area contributed by atoms with Gasteiger partial charge in [-0.2, -0.15) is 5.10 Å². The number of rotatable bonds is 2. The number of amides is 1. The van der Waals surface area contributed by atoms with Crippen molar-refractivity contribution in [1.82, 2.24) is 10.9 Å². The summed E-state index contributed by atoms with van der Waals surface area (Å²) in [6.07, 6.45) is -0.651. The van der Waals surface area contributed by atoms with Gasteiger partial charge in [0, 0.05) is 0 Å². The van der Waals surface area contributed by atoms with Crippen LogP contribution in [0.25, 0.3) is 0 Å². The predicted octanol–water partition coefficient (Wildman–Crippen LogP) is 0.0447. The second kappa shape index (κ2) is 5.48. The van der Waals surface area contributed by atoms with Gasteiger partial charge < -0.3 is 4.74 Å². The highest BCUT2D eigenvalue weighted by atomic mass is 16.5. The second-order valence-corrected chi connectivity index (χ2v) is 1.64. The van der Waals surface area contributed by atoms with E-state index in [-0.39, 0.29) is 12.4 Å². The van der Waals surface area contributed by atoms with Crippen LogP contribution in [0.5, 0.6) is 0 Å². The summed E-state index contributed by atoms with van der Waals surface area (Å²) < 4.78 is 4.47. The van der Waals surface area contributed by atoms with Crippen LogP contribution in [0.4, 0.5) is 4.79 Å². The molecule has 0 radical (unpaired) electrons. The summed E-state index contributed by atoms with van der Waals surface area (Å²) in [5.74, 6) is 0.179. The number of carbonyl (C=O) groups excluding carboxylic acids is 1. The molecule has 0 aromatic carbocycles. The molecule has 0 spiro atoms. The molecule has 64 valence electrons. The Labute approximate surface area is 64.2 Å². The summed E-state index contributed by atoms with van der Waals surface area (Å²) in [6, 6.07) is 0. The van der Waals surface area contributed by atoms with Crippen molar-refractivity contribution in [2.45, 2.75) is 13.8 Å². The van der Waals surface area contributed by atoms with Gasteiger partial charge >= 0.3 is 6.09 Å². The maximum Gasteiger partial charge on any atom is 0.427 e. The molecule has 0 saturated heterocycles. The van der Waals surface area contributed by atoms with Crippen LogP contribution in [-0.4, -0.2) is 23.7 Å². The molecule has 0 aliphatic heterocycles. The lowest BCUT2D eigenvalue weighted by Crippen LogP contribution is -2.24. The van der Waals surface area contributed by atoms with E-state index in [9.17, 15) is 4.79 Å². The van der Waals surface area contributed by atoms with Gasteiger partial charge in [0.05, 0.1) is 6.61 Å². The molecule has 3 N–H and O–H groups in total. The highest BCUT2D eigenvalue weighted by Crippen LogP contribution is 1.75. The molecule has 0 atom stereocenters. The molecule has 0 fully saturated rings. The van der Waals surface area contributed by atoms with Gasteiger partial charge in [-0.15, -0.1) is 0 Å². The normalized spacial score (nSPS) is 10.6. The van der Waals surface area contributed by atoms with Gasteiger partial charge in [-0.3, -0.25) is 10.7 Å². The Morgan fingerprint density at radius 3 is 2.82 bits per heavy atom. The van der Waals surface area contributed by atoms with E-state index in [0.29, 0.717) is 0 Å². The quantitative estimate of drug-likeness (QED) is 0.303. The molecule has 0 aliphatic carbocycles. The molecule has 0 aromatic rings. The van der Waals surface area contributed by atoms with Crippen LogP contribution in [0.2, 0.25) is 0 Å². The number of hydrazone groups is 1. The lowest BCUT2D eigenvalue weighted by atomic mass is 10.7. The topological polar surface area (TPSA) is 83.0 Å². The minimum atomic E-state index is -0.651. The van der Waals surface area contributed by atoms with Crippen LogP contribution >= 0.6 is 0 Å². The molecule has 0 saturated carbocycles. The fraction of sp³-hybridized carbons (Fsp3) is 0.600. The zero-order chi connectivity index (χ0) is 8.69. The monoisotopic (exact) mass is 161 g/mol. The molecule has 0 rings (SSSR count). The van der Waals surface area contributed by atoms with E-state index >= 15 is 0 Å². The van der Waals surface area contributed by atoms with Crippen molar-refractivity contribution in [2.75, 3.05) is 6.61 Å². The average Bonchev–Trinajstić information content (AvgIpc) is 2.01. The first-order valence-electron chi connectivity index (χ1n) is 3.07. The number of hydrogen-bond donors (Lipinski definition) is 3. The number of hydroxylamine groups is 1. The zero-order valence-electron chi connectivity index (χ0n) is 6.42. The van der Waals surface area contributed by atoms with Gasteiger partial charge in [-0.05, 0) is 13.8 Å². The van der Waals surface area contributed by atoms with Crippen molar-refractivity contribution in [3.8, 4) is 0 Å². The Hall–Kier alpha value is -1.30. The molecule has 0 aromatic heterocycles. The Morgan fingerprint density at radius 2 is 2.36 bits per heavy atom. The molecular formula is C5H11N3O3. The number of hydrogen-bond acceptors (Lipinski definition) is 4. The summed E-state index contributed by atoms with van der Waals surface area (Å²) in [4.78, 5) is 10.5. The second-order valence-electron chi connectivity index (χ2n) is 1.64. The van der Waals surface area contributed by atoms with Gasteiger partial charge in [-0.25, -0.2) is 10.2 Å². The van der Waals surface area contributed by atoms with Gasteiger partial charge in [-0.1, -0.05) is 0 Å². The van der Waals surface area contributed by atoms with Crippen LogP contribution in [0.1, 0.15) is 13.8 Å². The third-order valence-corrected chi connectivity index (χ3v) is 0.752. The van der Waals surface area contributed by atoms with E-state index in [2.05, 4.69) is 9.84 Å². The Morgan fingerprint density at radius 1 is 1.73 bits per heavy atom. The van der Waals surface area contributed by atoms with Crippen LogP contribution < -0.4 is 10.9 Å². The van der Waals surface area contributed by atoms with Crippen molar-refractivity contribution in [3.05, 3.63) is 0 Å². The van der Waals surface area contributed by atoms with Crippen LogP contribution in [0, 0.1) is 0 Å². The van der Waals surface area contributed by atoms with Crippen molar-refractivity contribution in [1.29, 1.82) is 0 Å². The minimum Gasteiger partial charge on any atom is -0.449 e. The molecule has 11 heavy (non-hydrogen) atoms. The number of nitrogens with one attached hydrogen (secondary N) is 2. The first-order valence-corrected chi connectivity index (χ1v) is 3.07. The first kappa shape index (κ1) is 9.70. The Bertz CT molecular complexity index is 157. The lowest BCUT2D eigenvalue weighted by Gasteiger charge is -2.00. The molecule has 1 amide bonds. The van der Waals surface area contributed by atoms with Crippen molar-refractivity contribution < 1.29 is 14.7 Å². The molecule has 0 aliphatic rings. The van der Waals surface area contributed by atoms with Crippen LogP contribution in [0.15, 0.2) is 5.10 Å². The lowest BCUT2D eigenvalue weighted by molar-refractivity contribution is 0.152. The first-order chi connectivity index (χ1) is 5.20. The largest absolute Gasteiger partial charge is 0.449 e. The highest BCUT2D eigenvalue weighted by molar-refractivity contribution is 5.79. The summed E-state index contributed by atoms with van der Waals surface area (Å²) in [7, 11) is 0. The third-order valence-electron chi connectivity index (χ3n) is 0.752. The maximum absolute atomic E-state index is 10.5. The van der Waals surface area contributed by atoms with Gasteiger partial charge in [0.15, 0.2) is 0 Å². The maximum atomic E-state index is 10.5. The SMILES string of the molecule is CCOC(=O)N/N=C(/C)NO. The van der Waals surface area contributed by atoms with Crippen LogP contribution in [-0.2, 0) is 4.74 Å². The molecule has 6 nitrogen and oxygen atoms in total. The van der Waals surface area contributed by atoms with E-state index in [0.717, 1.165) is 0 Å². The van der Waals surface area contributed by atoms with Gasteiger partial charge in [0.2, 0.25) is 0 Å². The van der Waals surface area contributed by atoms with Gasteiger partial charge in [0.25, 0.3) is 0 Å². The van der Waals surface area contributed by atoms with Crippen LogP contribution in [0.3, 0.4) is 0 Å². The summed E-state index contributed by atoms with van der Waals surface area (Å²) in [5, 5.41) is 11.6. The standard InChI is InChI=1S/C5H11N3O3/c1-3-11-5(9)7-6-4(2)8-10/h10H,3H2,1-2H3,(H,6,8)(H,7,9). The number of carbonyl (C=O) groups is 1. The van der Waals surface area contributed by atoms with E-state index < -0.39 is 6.09 Å². The van der Waals surface area contributed by atoms with E-state index in [1.54, 1.807) is 12.4 Å². The Kier molecular flexibility index (Phi) is 4.83. The summed E-state index contributed by atoms with van der Waals surface area (Å²) in [5.41, 5.74) is 3.78. The summed E-state index contributed by atoms with van der Waals surface area (Å²) >= 11 is 0. The third kappa shape index (κ3) is 5.16. The molecule has 0 unspecified atom stereocenters. The van der Waals surface area contributed by atoms with Crippen molar-refractivity contribution in [3.63, 3.8) is 0 Å². The molecule has 0 bridgehead atoms. The minimum absolute atomic E-state index is 0.179. The van der Waals surface area contributed by atoms with Crippen molar-refractivity contribution >= 4 is 11.9 Å². The van der Waals surface area contributed by atoms with Crippen molar-refractivity contribution in [2.24, 2.45) is 5.10 Å². The molecular weight excluding hydrogens is 150 g/mol. The molecule has 0 heterocycles. The summed E-state index contributed by atoms with van der Waals surface area (Å²) in [6.45, 7) is 3.44. The Balaban J connectivity index is 3.60. The van der Waals surface area contributed by atoms with E-state index in [1.165, 1.54) is 6.92 Å². The fourth-order valence-corrected chi connectivity index (χ4v) is 0.318. The zero-order valence-corrected chi connectivity index (χ0v) is 6.42. The molecule has 6 heteroatoms. The van der Waals surface area contributed by atoms with E-state index in [4.69, 9.17) is 5.21 Å². The van der Waals surface area contributed by atoms with Gasteiger partial charge in [0.1, 0.15) is 5.84 Å². The fourth-order valence-electron chi connectivity index (χ4n) is 0.318.